The van der Waals surface area contributed by atoms with Crippen LogP contribution in [0.25, 0.3) is 0 Å². The van der Waals surface area contributed by atoms with Gasteiger partial charge in [-0.25, -0.2) is 9.18 Å². The SMILES string of the molecule is CC(=O)NC[C@H]1CN(c2ccc(C3(C)CNC3)c(F)c2)C(=O)O1. The van der Waals surface area contributed by atoms with Crippen molar-refractivity contribution < 1.29 is 18.7 Å². The number of amides is 2. The lowest BCUT2D eigenvalue weighted by atomic mass is 9.77. The van der Waals surface area contributed by atoms with Crippen LogP contribution in [0.4, 0.5) is 14.9 Å². The molecule has 0 unspecified atom stereocenters. The second-order valence-electron chi connectivity index (χ2n) is 6.38. The summed E-state index contributed by atoms with van der Waals surface area (Å²) in [6.07, 6.45) is -0.952. The number of nitrogens with zero attached hydrogens (tertiary/aromatic N) is 1. The molecule has 2 fully saturated rings. The van der Waals surface area contributed by atoms with E-state index in [9.17, 15) is 14.0 Å². The van der Waals surface area contributed by atoms with E-state index >= 15 is 0 Å². The molecule has 2 aliphatic heterocycles. The normalized spacial score (nSPS) is 22.5. The van der Waals surface area contributed by atoms with Crippen LogP contribution in [0.3, 0.4) is 0 Å². The monoisotopic (exact) mass is 321 g/mol. The molecule has 0 bridgehead atoms. The second kappa shape index (κ2) is 5.81. The predicted octanol–water partition coefficient (Wildman–Crippen LogP) is 1.15. The van der Waals surface area contributed by atoms with Crippen molar-refractivity contribution in [1.82, 2.24) is 10.6 Å². The Bertz CT molecular complexity index is 645. The van der Waals surface area contributed by atoms with Gasteiger partial charge in [0.15, 0.2) is 0 Å². The minimum atomic E-state index is -0.524. The number of carbonyl (C=O) groups is 2. The summed E-state index contributed by atoms with van der Waals surface area (Å²) in [7, 11) is 0. The molecule has 1 atom stereocenters. The Kier molecular flexibility index (Phi) is 3.97. The van der Waals surface area contributed by atoms with Gasteiger partial charge in [0, 0.05) is 25.4 Å². The van der Waals surface area contributed by atoms with Crippen molar-refractivity contribution in [2.45, 2.75) is 25.4 Å². The van der Waals surface area contributed by atoms with Gasteiger partial charge in [-0.05, 0) is 17.7 Å². The van der Waals surface area contributed by atoms with Gasteiger partial charge in [0.2, 0.25) is 5.91 Å². The Morgan fingerprint density at radius 2 is 2.26 bits per heavy atom. The van der Waals surface area contributed by atoms with Crippen molar-refractivity contribution in [3.8, 4) is 0 Å². The first-order valence-electron chi connectivity index (χ1n) is 7.62. The Hall–Kier alpha value is -2.15. The molecule has 23 heavy (non-hydrogen) atoms. The molecule has 0 radical (unpaired) electrons. The molecule has 2 aliphatic rings. The zero-order valence-corrected chi connectivity index (χ0v) is 13.2. The van der Waals surface area contributed by atoms with Crippen LogP contribution in [-0.2, 0) is 14.9 Å². The molecule has 2 amide bonds. The Morgan fingerprint density at radius 1 is 1.52 bits per heavy atom. The predicted molar refractivity (Wildman–Crippen MR) is 82.9 cm³/mol. The van der Waals surface area contributed by atoms with E-state index in [-0.39, 0.29) is 30.2 Å². The molecular formula is C16H20FN3O3. The minimum Gasteiger partial charge on any atom is -0.442 e. The van der Waals surface area contributed by atoms with Gasteiger partial charge in [0.1, 0.15) is 11.9 Å². The van der Waals surface area contributed by atoms with Crippen LogP contribution in [-0.4, -0.2) is 44.3 Å². The van der Waals surface area contributed by atoms with Gasteiger partial charge in [0.25, 0.3) is 0 Å². The number of carbonyl (C=O) groups excluding carboxylic acids is 2. The lowest BCUT2D eigenvalue weighted by molar-refractivity contribution is -0.119. The van der Waals surface area contributed by atoms with Crippen molar-refractivity contribution in [3.05, 3.63) is 29.6 Å². The standard InChI is InChI=1S/C16H20FN3O3/c1-10(21)19-6-12-7-20(15(22)23-12)11-3-4-13(14(17)5-11)16(2)8-18-9-16/h3-5,12,18H,6-9H2,1-2H3,(H,19,21)/t12-/m0/s1. The van der Waals surface area contributed by atoms with Crippen LogP contribution in [0.5, 0.6) is 0 Å². The highest BCUT2D eigenvalue weighted by molar-refractivity contribution is 5.89. The number of cyclic esters (lactones) is 1. The molecule has 0 saturated carbocycles. The van der Waals surface area contributed by atoms with Gasteiger partial charge in [-0.2, -0.15) is 0 Å². The van der Waals surface area contributed by atoms with E-state index in [1.54, 1.807) is 12.1 Å². The largest absolute Gasteiger partial charge is 0.442 e. The fourth-order valence-corrected chi connectivity index (χ4v) is 2.95. The number of nitrogens with one attached hydrogen (secondary N) is 2. The van der Waals surface area contributed by atoms with Crippen molar-refractivity contribution in [2.75, 3.05) is 31.1 Å². The first-order valence-corrected chi connectivity index (χ1v) is 7.62. The van der Waals surface area contributed by atoms with E-state index in [4.69, 9.17) is 4.74 Å². The van der Waals surface area contributed by atoms with E-state index in [0.29, 0.717) is 11.3 Å². The van der Waals surface area contributed by atoms with Gasteiger partial charge < -0.3 is 15.4 Å². The van der Waals surface area contributed by atoms with Gasteiger partial charge in [-0.15, -0.1) is 0 Å². The first kappa shape index (κ1) is 15.7. The number of anilines is 1. The maximum absolute atomic E-state index is 14.4. The molecule has 1 aromatic carbocycles. The topological polar surface area (TPSA) is 70.7 Å². The summed E-state index contributed by atoms with van der Waals surface area (Å²) in [5.41, 5.74) is 0.932. The van der Waals surface area contributed by atoms with Crippen molar-refractivity contribution >= 4 is 17.7 Å². The lowest BCUT2D eigenvalue weighted by Crippen LogP contribution is -2.55. The number of halogens is 1. The van der Waals surface area contributed by atoms with E-state index in [0.717, 1.165) is 13.1 Å². The lowest BCUT2D eigenvalue weighted by Gasteiger charge is -2.40. The summed E-state index contributed by atoms with van der Waals surface area (Å²) in [5, 5.41) is 5.76. The molecule has 3 rings (SSSR count). The smallest absolute Gasteiger partial charge is 0.414 e. The van der Waals surface area contributed by atoms with Crippen LogP contribution < -0.4 is 15.5 Å². The number of hydrogen-bond donors (Lipinski definition) is 2. The third kappa shape index (κ3) is 3.01. The fourth-order valence-electron chi connectivity index (χ4n) is 2.95. The summed E-state index contributed by atoms with van der Waals surface area (Å²) < 4.78 is 19.6. The first-order chi connectivity index (χ1) is 10.9. The molecule has 7 heteroatoms. The maximum atomic E-state index is 14.4. The van der Waals surface area contributed by atoms with E-state index in [1.165, 1.54) is 17.9 Å². The van der Waals surface area contributed by atoms with Crippen LogP contribution in [0.1, 0.15) is 19.4 Å². The number of ether oxygens (including phenoxy) is 1. The molecule has 0 aliphatic carbocycles. The Morgan fingerprint density at radius 3 is 2.83 bits per heavy atom. The highest BCUT2D eigenvalue weighted by Gasteiger charge is 2.37. The Labute approximate surface area is 134 Å². The highest BCUT2D eigenvalue weighted by atomic mass is 19.1. The van der Waals surface area contributed by atoms with E-state index < -0.39 is 12.2 Å². The average molecular weight is 321 g/mol. The van der Waals surface area contributed by atoms with Crippen molar-refractivity contribution in [3.63, 3.8) is 0 Å². The van der Waals surface area contributed by atoms with E-state index in [1.807, 2.05) is 6.92 Å². The average Bonchev–Trinajstić information content (AvgIpc) is 2.84. The number of benzene rings is 1. The molecule has 2 heterocycles. The number of hydrogen-bond acceptors (Lipinski definition) is 4. The quantitative estimate of drug-likeness (QED) is 0.873. The highest BCUT2D eigenvalue weighted by Crippen LogP contribution is 2.32. The molecule has 0 aromatic heterocycles. The molecule has 0 spiro atoms. The molecule has 2 saturated heterocycles. The summed E-state index contributed by atoms with van der Waals surface area (Å²) in [6, 6.07) is 4.85. The third-order valence-corrected chi connectivity index (χ3v) is 4.40. The van der Waals surface area contributed by atoms with Gasteiger partial charge in [-0.1, -0.05) is 13.0 Å². The molecule has 6 nitrogen and oxygen atoms in total. The molecule has 2 N–H and O–H groups in total. The van der Waals surface area contributed by atoms with Crippen molar-refractivity contribution in [2.24, 2.45) is 0 Å². The number of rotatable bonds is 4. The summed E-state index contributed by atoms with van der Waals surface area (Å²) in [6.45, 7) is 5.44. The van der Waals surface area contributed by atoms with Crippen LogP contribution in [0.2, 0.25) is 0 Å². The summed E-state index contributed by atoms with van der Waals surface area (Å²) >= 11 is 0. The zero-order chi connectivity index (χ0) is 16.6. The van der Waals surface area contributed by atoms with Gasteiger partial charge >= 0.3 is 6.09 Å². The summed E-state index contributed by atoms with van der Waals surface area (Å²) in [5.74, 6) is -0.498. The third-order valence-electron chi connectivity index (χ3n) is 4.40. The minimum absolute atomic E-state index is 0.183. The zero-order valence-electron chi connectivity index (χ0n) is 13.2. The molecule has 124 valence electrons. The van der Waals surface area contributed by atoms with E-state index in [2.05, 4.69) is 10.6 Å². The second-order valence-corrected chi connectivity index (χ2v) is 6.38. The maximum Gasteiger partial charge on any atom is 0.414 e. The Balaban J connectivity index is 1.73. The van der Waals surface area contributed by atoms with Crippen LogP contribution >= 0.6 is 0 Å². The van der Waals surface area contributed by atoms with Crippen molar-refractivity contribution in [1.29, 1.82) is 0 Å². The molecular weight excluding hydrogens is 301 g/mol. The van der Waals surface area contributed by atoms with Gasteiger partial charge in [0.05, 0.1) is 18.8 Å². The summed E-state index contributed by atoms with van der Waals surface area (Å²) in [4.78, 5) is 24.3. The van der Waals surface area contributed by atoms with Gasteiger partial charge in [-0.3, -0.25) is 9.69 Å². The fraction of sp³-hybridized carbons (Fsp3) is 0.500. The molecule has 1 aromatic rings. The van der Waals surface area contributed by atoms with Crippen LogP contribution in [0.15, 0.2) is 18.2 Å². The van der Waals surface area contributed by atoms with Crippen LogP contribution in [0, 0.1) is 5.82 Å².